The van der Waals surface area contributed by atoms with E-state index < -0.39 is 0 Å². The fourth-order valence-corrected chi connectivity index (χ4v) is 3.36. The molecule has 4 rings (SSSR count). The van der Waals surface area contributed by atoms with Gasteiger partial charge in [0.15, 0.2) is 0 Å². The van der Waals surface area contributed by atoms with Crippen LogP contribution in [0, 0.1) is 0 Å². The Morgan fingerprint density at radius 3 is 3.04 bits per heavy atom. The Labute approximate surface area is 146 Å². The molecule has 5 heteroatoms. The number of hydrogen-bond acceptors (Lipinski definition) is 3. The van der Waals surface area contributed by atoms with Gasteiger partial charge in [-0.2, -0.15) is 0 Å². The van der Waals surface area contributed by atoms with E-state index in [1.54, 1.807) is 12.4 Å². The molecule has 0 bridgehead atoms. The molecule has 3 heterocycles. The maximum Gasteiger partial charge on any atom is 0.259 e. The van der Waals surface area contributed by atoms with E-state index in [-0.39, 0.29) is 5.91 Å². The van der Waals surface area contributed by atoms with Crippen LogP contribution in [0.2, 0.25) is 0 Å². The first-order valence-corrected chi connectivity index (χ1v) is 8.68. The summed E-state index contributed by atoms with van der Waals surface area (Å²) in [6, 6.07) is 9.73. The van der Waals surface area contributed by atoms with Crippen molar-refractivity contribution in [1.82, 2.24) is 15.0 Å². The lowest BCUT2D eigenvalue weighted by atomic mass is 10.0. The maximum atomic E-state index is 12.9. The Hall–Kier alpha value is -2.95. The molecular formula is C20H20N4O. The lowest BCUT2D eigenvalue weighted by molar-refractivity contribution is 0.102. The highest BCUT2D eigenvalue weighted by atomic mass is 16.1. The third-order valence-corrected chi connectivity index (χ3v) is 4.62. The molecule has 2 N–H and O–H groups in total. The van der Waals surface area contributed by atoms with Gasteiger partial charge in [-0.3, -0.25) is 9.78 Å². The Balaban J connectivity index is 1.71. The smallest absolute Gasteiger partial charge is 0.259 e. The quantitative estimate of drug-likeness (QED) is 0.767. The molecule has 0 aromatic carbocycles. The number of fused-ring (bicyclic) bond motifs is 3. The summed E-state index contributed by atoms with van der Waals surface area (Å²) in [5.74, 6) is 0.422. The Kier molecular flexibility index (Phi) is 4.06. The van der Waals surface area contributed by atoms with E-state index in [4.69, 9.17) is 0 Å². The lowest BCUT2D eigenvalue weighted by Crippen LogP contribution is -2.14. The van der Waals surface area contributed by atoms with E-state index in [0.717, 1.165) is 48.3 Å². The molecule has 0 fully saturated rings. The van der Waals surface area contributed by atoms with Gasteiger partial charge in [0.1, 0.15) is 5.82 Å². The zero-order chi connectivity index (χ0) is 17.2. The predicted molar refractivity (Wildman–Crippen MR) is 97.6 cm³/mol. The molecule has 1 aliphatic carbocycles. The largest absolute Gasteiger partial charge is 0.364 e. The topological polar surface area (TPSA) is 70.7 Å². The Morgan fingerprint density at radius 1 is 1.24 bits per heavy atom. The van der Waals surface area contributed by atoms with E-state index >= 15 is 0 Å². The molecule has 3 aromatic rings. The predicted octanol–water partition coefficient (Wildman–Crippen LogP) is 3.78. The number of nitrogens with zero attached hydrogens (tertiary/aromatic N) is 2. The van der Waals surface area contributed by atoms with Gasteiger partial charge in [-0.15, -0.1) is 0 Å². The van der Waals surface area contributed by atoms with Crippen LogP contribution in [0.15, 0.2) is 42.7 Å². The minimum Gasteiger partial charge on any atom is -0.364 e. The zero-order valence-corrected chi connectivity index (χ0v) is 14.2. The van der Waals surface area contributed by atoms with E-state index in [9.17, 15) is 4.79 Å². The number of hydrogen-bond donors (Lipinski definition) is 2. The number of aromatic nitrogens is 3. The van der Waals surface area contributed by atoms with Crippen molar-refractivity contribution >= 4 is 11.7 Å². The molecule has 126 valence electrons. The summed E-state index contributed by atoms with van der Waals surface area (Å²) in [5.41, 5.74) is 5.70. The SMILES string of the molecule is CCc1cccc(NC(=O)c2c[nH]c3c2-c2ncccc2CCC3)n1. The standard InChI is InChI=1S/C20H20N4O/c1-2-14-8-4-10-17(23-14)24-20(25)15-12-22-16-9-3-6-13-7-5-11-21-19(13)18(15)16/h4-5,7-8,10-12,22H,2-3,6,9H2,1H3,(H,23,24,25). The molecule has 0 aliphatic heterocycles. The van der Waals surface area contributed by atoms with Crippen LogP contribution in [0.1, 0.15) is 40.7 Å². The van der Waals surface area contributed by atoms with Crippen molar-refractivity contribution in [2.24, 2.45) is 0 Å². The van der Waals surface area contributed by atoms with Crippen LogP contribution >= 0.6 is 0 Å². The number of H-pyrrole nitrogens is 1. The fourth-order valence-electron chi connectivity index (χ4n) is 3.36. The normalized spacial score (nSPS) is 12.8. The number of carbonyl (C=O) groups excluding carboxylic acids is 1. The summed E-state index contributed by atoms with van der Waals surface area (Å²) in [6.45, 7) is 2.04. The van der Waals surface area contributed by atoms with Crippen LogP contribution in [0.4, 0.5) is 5.82 Å². The minimum atomic E-state index is -0.156. The molecule has 25 heavy (non-hydrogen) atoms. The van der Waals surface area contributed by atoms with E-state index in [1.807, 2.05) is 31.2 Å². The van der Waals surface area contributed by atoms with Gasteiger partial charge in [-0.05, 0) is 49.4 Å². The number of amides is 1. The zero-order valence-electron chi connectivity index (χ0n) is 14.2. The molecular weight excluding hydrogens is 312 g/mol. The van der Waals surface area contributed by atoms with Crippen molar-refractivity contribution < 1.29 is 4.79 Å². The summed E-state index contributed by atoms with van der Waals surface area (Å²) >= 11 is 0. The van der Waals surface area contributed by atoms with Crippen molar-refractivity contribution in [2.75, 3.05) is 5.32 Å². The van der Waals surface area contributed by atoms with Crippen molar-refractivity contribution in [2.45, 2.75) is 32.6 Å². The first-order chi connectivity index (χ1) is 12.3. The number of nitrogens with one attached hydrogen (secondary N) is 2. The van der Waals surface area contributed by atoms with Gasteiger partial charge in [0.05, 0.1) is 11.3 Å². The lowest BCUT2D eigenvalue weighted by Gasteiger charge is -2.09. The number of anilines is 1. The van der Waals surface area contributed by atoms with E-state index in [1.165, 1.54) is 5.56 Å². The second kappa shape index (κ2) is 6.51. The van der Waals surface area contributed by atoms with Gasteiger partial charge in [0.2, 0.25) is 0 Å². The van der Waals surface area contributed by atoms with Gasteiger partial charge in [-0.1, -0.05) is 19.1 Å². The van der Waals surface area contributed by atoms with Crippen molar-refractivity contribution in [3.63, 3.8) is 0 Å². The third-order valence-electron chi connectivity index (χ3n) is 4.62. The number of aromatic amines is 1. The minimum absolute atomic E-state index is 0.156. The highest BCUT2D eigenvalue weighted by molar-refractivity contribution is 6.08. The van der Waals surface area contributed by atoms with Crippen LogP contribution in [-0.2, 0) is 19.3 Å². The first kappa shape index (κ1) is 15.6. The molecule has 0 saturated heterocycles. The Bertz CT molecular complexity index is 929. The summed E-state index contributed by atoms with van der Waals surface area (Å²) < 4.78 is 0. The van der Waals surface area contributed by atoms with Crippen molar-refractivity contribution in [3.05, 3.63) is 65.2 Å². The average molecular weight is 332 g/mol. The highest BCUT2D eigenvalue weighted by Crippen LogP contribution is 2.33. The van der Waals surface area contributed by atoms with Crippen molar-refractivity contribution in [3.8, 4) is 11.3 Å². The molecule has 0 radical (unpaired) electrons. The van der Waals surface area contributed by atoms with Gasteiger partial charge >= 0.3 is 0 Å². The van der Waals surface area contributed by atoms with Gasteiger partial charge in [0.25, 0.3) is 5.91 Å². The van der Waals surface area contributed by atoms with Crippen LogP contribution in [-0.4, -0.2) is 20.9 Å². The summed E-state index contributed by atoms with van der Waals surface area (Å²) in [4.78, 5) is 25.2. The molecule has 1 aliphatic rings. The van der Waals surface area contributed by atoms with Crippen LogP contribution < -0.4 is 5.32 Å². The van der Waals surface area contributed by atoms with E-state index in [0.29, 0.717) is 11.4 Å². The molecule has 0 unspecified atom stereocenters. The van der Waals surface area contributed by atoms with Crippen LogP contribution in [0.5, 0.6) is 0 Å². The molecule has 0 saturated carbocycles. The molecule has 1 amide bonds. The monoisotopic (exact) mass is 332 g/mol. The molecule has 0 spiro atoms. The second-order valence-electron chi connectivity index (χ2n) is 6.24. The second-order valence-corrected chi connectivity index (χ2v) is 6.24. The third kappa shape index (κ3) is 2.93. The van der Waals surface area contributed by atoms with E-state index in [2.05, 4.69) is 26.3 Å². The number of carbonyl (C=O) groups is 1. The number of rotatable bonds is 3. The molecule has 3 aromatic heterocycles. The number of pyridine rings is 2. The van der Waals surface area contributed by atoms with Crippen LogP contribution in [0.25, 0.3) is 11.3 Å². The Morgan fingerprint density at radius 2 is 2.16 bits per heavy atom. The molecule has 5 nitrogen and oxygen atoms in total. The number of aryl methyl sites for hydroxylation is 3. The van der Waals surface area contributed by atoms with Gasteiger partial charge in [-0.25, -0.2) is 4.98 Å². The maximum absolute atomic E-state index is 12.9. The fraction of sp³-hybridized carbons (Fsp3) is 0.250. The average Bonchev–Trinajstić information content (AvgIpc) is 2.97. The van der Waals surface area contributed by atoms with Crippen LogP contribution in [0.3, 0.4) is 0 Å². The van der Waals surface area contributed by atoms with Gasteiger partial charge < -0.3 is 10.3 Å². The highest BCUT2D eigenvalue weighted by Gasteiger charge is 2.24. The summed E-state index contributed by atoms with van der Waals surface area (Å²) in [7, 11) is 0. The van der Waals surface area contributed by atoms with Crippen molar-refractivity contribution in [1.29, 1.82) is 0 Å². The molecule has 0 atom stereocenters. The summed E-state index contributed by atoms with van der Waals surface area (Å²) in [6.07, 6.45) is 7.35. The van der Waals surface area contributed by atoms with Gasteiger partial charge in [0, 0.05) is 29.3 Å². The first-order valence-electron chi connectivity index (χ1n) is 8.68. The summed E-state index contributed by atoms with van der Waals surface area (Å²) in [5, 5.41) is 2.92.